The third kappa shape index (κ3) is 4.11. The predicted octanol–water partition coefficient (Wildman–Crippen LogP) is 0.950. The van der Waals surface area contributed by atoms with Gasteiger partial charge in [-0.1, -0.05) is 6.92 Å². The maximum absolute atomic E-state index is 5.31. The van der Waals surface area contributed by atoms with Gasteiger partial charge in [0.15, 0.2) is 6.29 Å². The Labute approximate surface area is 103 Å². The van der Waals surface area contributed by atoms with Crippen molar-refractivity contribution in [3.8, 4) is 0 Å². The van der Waals surface area contributed by atoms with E-state index in [4.69, 9.17) is 9.47 Å². The first-order chi connectivity index (χ1) is 8.22. The molecule has 0 aromatic carbocycles. The zero-order valence-electron chi connectivity index (χ0n) is 11.1. The molecule has 1 heterocycles. The molecule has 0 fully saturated rings. The molecule has 98 valence electrons. The van der Waals surface area contributed by atoms with Gasteiger partial charge < -0.3 is 14.8 Å². The van der Waals surface area contributed by atoms with Gasteiger partial charge in [0.2, 0.25) is 0 Å². The van der Waals surface area contributed by atoms with Crippen LogP contribution in [0.1, 0.15) is 19.0 Å². The average Bonchev–Trinajstić information content (AvgIpc) is 2.73. The van der Waals surface area contributed by atoms with E-state index < -0.39 is 0 Å². The fraction of sp³-hybridized carbons (Fsp3) is 0.750. The zero-order valence-corrected chi connectivity index (χ0v) is 11.1. The van der Waals surface area contributed by atoms with E-state index in [9.17, 15) is 0 Å². The van der Waals surface area contributed by atoms with Crippen molar-refractivity contribution in [2.24, 2.45) is 7.05 Å². The monoisotopic (exact) mass is 241 g/mol. The van der Waals surface area contributed by atoms with Crippen LogP contribution in [0.2, 0.25) is 0 Å². The minimum absolute atomic E-state index is 0.199. The molecule has 1 rings (SSSR count). The van der Waals surface area contributed by atoms with E-state index in [0.29, 0.717) is 0 Å². The second-order valence-electron chi connectivity index (χ2n) is 3.99. The Kier molecular flexibility index (Phi) is 6.18. The molecule has 0 aliphatic heterocycles. The molecule has 1 aromatic rings. The van der Waals surface area contributed by atoms with Crippen LogP contribution in [0, 0.1) is 0 Å². The third-order valence-electron chi connectivity index (χ3n) is 2.89. The van der Waals surface area contributed by atoms with Crippen molar-refractivity contribution < 1.29 is 9.47 Å². The molecule has 5 nitrogen and oxygen atoms in total. The smallest absolute Gasteiger partial charge is 0.171 e. The van der Waals surface area contributed by atoms with Crippen LogP contribution in [0.15, 0.2) is 12.3 Å². The highest BCUT2D eigenvalue weighted by atomic mass is 16.7. The molecule has 0 spiro atoms. The zero-order chi connectivity index (χ0) is 12.7. The van der Waals surface area contributed by atoms with Crippen molar-refractivity contribution in [2.45, 2.75) is 32.1 Å². The Bertz CT molecular complexity index is 310. The van der Waals surface area contributed by atoms with Crippen molar-refractivity contribution in [1.82, 2.24) is 15.1 Å². The number of nitrogens with one attached hydrogen (secondary N) is 1. The lowest BCUT2D eigenvalue weighted by atomic mass is 10.1. The number of likely N-dealkylation sites (N-methyl/N-ethyl adjacent to an activating group) is 1. The number of rotatable bonds is 8. The van der Waals surface area contributed by atoms with Gasteiger partial charge in [-0.3, -0.25) is 4.68 Å². The van der Waals surface area contributed by atoms with Gasteiger partial charge in [-0.25, -0.2) is 0 Å². The molecule has 0 aliphatic carbocycles. The van der Waals surface area contributed by atoms with Gasteiger partial charge in [0.1, 0.15) is 0 Å². The van der Waals surface area contributed by atoms with E-state index in [1.54, 1.807) is 14.2 Å². The normalized spacial score (nSPS) is 13.2. The van der Waals surface area contributed by atoms with Crippen molar-refractivity contribution in [2.75, 3.05) is 20.8 Å². The largest absolute Gasteiger partial charge is 0.354 e. The molecule has 0 radical (unpaired) electrons. The fourth-order valence-electron chi connectivity index (χ4n) is 1.97. The summed E-state index contributed by atoms with van der Waals surface area (Å²) in [4.78, 5) is 0. The second-order valence-corrected chi connectivity index (χ2v) is 3.99. The molecule has 1 N–H and O–H groups in total. The number of ether oxygens (including phenoxy) is 2. The Morgan fingerprint density at radius 2 is 2.12 bits per heavy atom. The van der Waals surface area contributed by atoms with Gasteiger partial charge in [0, 0.05) is 33.2 Å². The first-order valence-electron chi connectivity index (χ1n) is 5.98. The lowest BCUT2D eigenvalue weighted by Gasteiger charge is -2.25. The fourth-order valence-corrected chi connectivity index (χ4v) is 1.97. The number of hydrogen-bond donors (Lipinski definition) is 1. The number of aryl methyl sites for hydroxylation is 2. The topological polar surface area (TPSA) is 48.3 Å². The molecule has 0 bridgehead atoms. The van der Waals surface area contributed by atoms with Gasteiger partial charge in [0.25, 0.3) is 0 Å². The van der Waals surface area contributed by atoms with Crippen LogP contribution in [-0.2, 0) is 22.9 Å². The minimum Gasteiger partial charge on any atom is -0.354 e. The van der Waals surface area contributed by atoms with E-state index in [2.05, 4.69) is 17.3 Å². The average molecular weight is 241 g/mol. The lowest BCUT2D eigenvalue weighted by molar-refractivity contribution is -0.123. The van der Waals surface area contributed by atoms with Crippen LogP contribution in [0.3, 0.4) is 0 Å². The third-order valence-corrected chi connectivity index (χ3v) is 2.89. The van der Waals surface area contributed by atoms with Gasteiger partial charge in [-0.2, -0.15) is 5.10 Å². The summed E-state index contributed by atoms with van der Waals surface area (Å²) in [5.74, 6) is 0. The summed E-state index contributed by atoms with van der Waals surface area (Å²) in [5, 5.41) is 7.55. The molecular weight excluding hydrogens is 218 g/mol. The summed E-state index contributed by atoms with van der Waals surface area (Å²) in [5.41, 5.74) is 1.22. The van der Waals surface area contributed by atoms with Gasteiger partial charge in [-0.15, -0.1) is 0 Å². The molecule has 5 heteroatoms. The van der Waals surface area contributed by atoms with Crippen molar-refractivity contribution >= 4 is 0 Å². The van der Waals surface area contributed by atoms with Crippen LogP contribution < -0.4 is 5.32 Å². The quantitative estimate of drug-likeness (QED) is 0.688. The minimum atomic E-state index is -0.205. The van der Waals surface area contributed by atoms with Crippen LogP contribution in [0.5, 0.6) is 0 Å². The van der Waals surface area contributed by atoms with Crippen LogP contribution in [-0.4, -0.2) is 42.9 Å². The van der Waals surface area contributed by atoms with E-state index in [1.165, 1.54) is 5.69 Å². The summed E-state index contributed by atoms with van der Waals surface area (Å²) < 4.78 is 12.5. The highest BCUT2D eigenvalue weighted by Gasteiger charge is 2.19. The molecule has 1 unspecified atom stereocenters. The van der Waals surface area contributed by atoms with Crippen LogP contribution >= 0.6 is 0 Å². The Morgan fingerprint density at radius 1 is 1.41 bits per heavy atom. The van der Waals surface area contributed by atoms with Crippen molar-refractivity contribution in [3.63, 3.8) is 0 Å². The van der Waals surface area contributed by atoms with Gasteiger partial charge in [-0.05, 0) is 25.5 Å². The Morgan fingerprint density at radius 3 is 2.59 bits per heavy atom. The molecule has 0 aliphatic rings. The van der Waals surface area contributed by atoms with Crippen LogP contribution in [0.25, 0.3) is 0 Å². The number of aromatic nitrogens is 2. The van der Waals surface area contributed by atoms with Crippen molar-refractivity contribution in [1.29, 1.82) is 0 Å². The predicted molar refractivity (Wildman–Crippen MR) is 66.8 cm³/mol. The summed E-state index contributed by atoms with van der Waals surface area (Å²) in [6, 6.07) is 2.24. The highest BCUT2D eigenvalue weighted by molar-refractivity contribution is 5.00. The number of methoxy groups -OCH3 is 2. The maximum atomic E-state index is 5.31. The second kappa shape index (κ2) is 7.42. The molecular formula is C12H23N3O2. The van der Waals surface area contributed by atoms with E-state index in [0.717, 1.165) is 19.4 Å². The van der Waals surface area contributed by atoms with E-state index >= 15 is 0 Å². The number of nitrogens with zero attached hydrogens (tertiary/aromatic N) is 2. The first-order valence-corrected chi connectivity index (χ1v) is 5.98. The molecule has 1 atom stereocenters. The Balaban J connectivity index is 2.52. The standard InChI is InChI=1S/C12H23N3O2/c1-5-13-11(12(16-3)17-4)7-6-10-8-9-14-15(10)2/h8-9,11-13H,5-7H2,1-4H3. The Hall–Kier alpha value is -0.910. The maximum Gasteiger partial charge on any atom is 0.171 e. The number of hydrogen-bond acceptors (Lipinski definition) is 4. The van der Waals surface area contributed by atoms with E-state index in [1.807, 2.05) is 24.0 Å². The summed E-state index contributed by atoms with van der Waals surface area (Å²) in [6.07, 6.45) is 3.53. The summed E-state index contributed by atoms with van der Waals surface area (Å²) >= 11 is 0. The van der Waals surface area contributed by atoms with Gasteiger partial charge in [0.05, 0.1) is 6.04 Å². The van der Waals surface area contributed by atoms with E-state index in [-0.39, 0.29) is 12.3 Å². The molecule has 0 saturated heterocycles. The first kappa shape index (κ1) is 14.2. The lowest BCUT2D eigenvalue weighted by Crippen LogP contribution is -2.42. The molecule has 0 amide bonds. The SMILES string of the molecule is CCNC(CCc1ccnn1C)C(OC)OC. The molecule has 17 heavy (non-hydrogen) atoms. The van der Waals surface area contributed by atoms with Gasteiger partial charge >= 0.3 is 0 Å². The molecule has 1 aromatic heterocycles. The molecule has 0 saturated carbocycles. The van der Waals surface area contributed by atoms with Crippen LogP contribution in [0.4, 0.5) is 0 Å². The van der Waals surface area contributed by atoms with Crippen molar-refractivity contribution in [3.05, 3.63) is 18.0 Å². The summed E-state index contributed by atoms with van der Waals surface area (Å²) in [6.45, 7) is 2.98. The summed E-state index contributed by atoms with van der Waals surface area (Å²) in [7, 11) is 5.30. The highest BCUT2D eigenvalue weighted by Crippen LogP contribution is 2.09.